The molecule has 35 rings (SSSR count). The number of carbonyl (C=O) groups is 2. The molecule has 7 aliphatic rings. The van der Waals surface area contributed by atoms with E-state index in [1.807, 2.05) is 6.92 Å². The number of hydrogen-bond acceptors (Lipinski definition) is 4. The Kier molecular flexibility index (Phi) is 2.46. The normalized spacial score (nSPS) is 27.3. The third-order valence-electron chi connectivity index (χ3n) is 27.4. The van der Waals surface area contributed by atoms with Crippen LogP contribution in [0.4, 0.5) is 0 Å². The smallest absolute Gasteiger partial charge is 0.349 e. The monoisotopic (exact) mass is 931 g/mol. The van der Waals surface area contributed by atoms with Gasteiger partial charge in [-0.15, -0.1) is 0 Å². The Morgan fingerprint density at radius 2 is 0.587 bits per heavy atom. The molecule has 0 saturated carbocycles. The van der Waals surface area contributed by atoms with Crippen molar-refractivity contribution < 1.29 is 19.1 Å². The van der Waals surface area contributed by atoms with Gasteiger partial charge in [-0.25, -0.2) is 4.79 Å². The Morgan fingerprint density at radius 3 is 0.827 bits per heavy atom. The highest BCUT2D eigenvalue weighted by atomic mass is 16.6. The van der Waals surface area contributed by atoms with Crippen LogP contribution in [0.5, 0.6) is 0 Å². The number of hydrogen-bond donors (Lipinski definition) is 0. The molecule has 0 N–H and O–H groups in total. The Balaban J connectivity index is 1.15. The fraction of sp³-hybridized carbons (Fsp3) is 0.143. The molecule has 2 bridgehead atoms. The van der Waals surface area contributed by atoms with Crippen molar-refractivity contribution in [3.63, 3.8) is 0 Å². The van der Waals surface area contributed by atoms with Gasteiger partial charge >= 0.3 is 5.97 Å². The minimum absolute atomic E-state index is 0.135. The second-order valence-electron chi connectivity index (χ2n) is 27.5. The molecule has 0 aromatic heterocycles. The number of benzene rings is 18. The van der Waals surface area contributed by atoms with Crippen LogP contribution < -0.4 is 0 Å². The van der Waals surface area contributed by atoms with Crippen molar-refractivity contribution in [1.82, 2.24) is 4.90 Å². The van der Waals surface area contributed by atoms with Gasteiger partial charge in [0.2, 0.25) is 0 Å². The molecule has 28 aromatic carbocycles. The Labute approximate surface area is 408 Å². The molecular weight excluding hydrogens is 919 g/mol. The van der Waals surface area contributed by atoms with Crippen molar-refractivity contribution in [2.45, 2.75) is 48.3 Å². The van der Waals surface area contributed by atoms with Crippen LogP contribution in [0.2, 0.25) is 0 Å². The third kappa shape index (κ3) is 1.48. The fourth-order valence-corrected chi connectivity index (χ4v) is 27.6. The van der Waals surface area contributed by atoms with E-state index in [2.05, 4.69) is 4.90 Å². The Morgan fingerprint density at radius 1 is 0.360 bits per heavy atom. The SMILES string of the molecule is CCOC(=O)C12OC3(CCCCN3C1=O)C13c4c5c6c7c8c9c(c%10c%11c1c1c4c4c%12c5c5c6c6c8c8c%13c9c9c%10c%10c%11c%11c1c1c4c4c%12c%12c5c5c6c8c6c8c%13c9c9c%10c%10c%11c1c1c4c4c%12c5c6c5c8c9c%10c1c45)C723. The number of nitrogens with zero attached hydrogens (tertiary/aromatic N) is 1. The van der Waals surface area contributed by atoms with Gasteiger partial charge in [-0.3, -0.25) is 4.79 Å². The predicted molar refractivity (Wildman–Crippen MR) is 303 cm³/mol. The lowest BCUT2D eigenvalue weighted by Crippen LogP contribution is -2.77. The molecule has 322 valence electrons. The Bertz CT molecular complexity index is 7380. The second kappa shape index (κ2) is 6.42. The van der Waals surface area contributed by atoms with Gasteiger partial charge in [0.15, 0.2) is 5.72 Å². The summed E-state index contributed by atoms with van der Waals surface area (Å²) in [6.45, 7) is 2.71. The second-order valence-corrected chi connectivity index (χ2v) is 27.5. The molecule has 3 heterocycles. The highest BCUT2D eigenvalue weighted by Gasteiger charge is 2.96. The summed E-state index contributed by atoms with van der Waals surface area (Å²) in [6.07, 6.45) is 2.53. The number of esters is 1. The third-order valence-corrected chi connectivity index (χ3v) is 27.4. The van der Waals surface area contributed by atoms with Crippen LogP contribution in [0.1, 0.15) is 48.4 Å². The van der Waals surface area contributed by atoms with Crippen LogP contribution in [-0.4, -0.2) is 41.3 Å². The molecule has 3 fully saturated rings. The summed E-state index contributed by atoms with van der Waals surface area (Å²) in [5.74, 6) is -0.595. The van der Waals surface area contributed by atoms with Gasteiger partial charge in [-0.05, 0) is 339 Å². The van der Waals surface area contributed by atoms with Gasteiger partial charge in [-0.2, -0.15) is 0 Å². The fourth-order valence-electron chi connectivity index (χ4n) is 27.6. The maximum atomic E-state index is 17.1. The van der Waals surface area contributed by atoms with Crippen LogP contribution in [0.15, 0.2) is 0 Å². The van der Waals surface area contributed by atoms with Crippen molar-refractivity contribution in [2.24, 2.45) is 0 Å². The Hall–Kier alpha value is -8.64. The van der Waals surface area contributed by atoms with Gasteiger partial charge in [-0.1, -0.05) is 0 Å². The molecule has 5 heteroatoms. The molecule has 3 aliphatic heterocycles. The molecule has 3 saturated heterocycles. The number of ether oxygens (including phenoxy) is 2. The number of carbonyl (C=O) groups excluding carboxylic acids is 2. The molecule has 0 radical (unpaired) electrons. The summed E-state index contributed by atoms with van der Waals surface area (Å²) >= 11 is 0. The van der Waals surface area contributed by atoms with Crippen LogP contribution in [0.25, 0.3) is 291 Å². The lowest BCUT2D eigenvalue weighted by Gasteiger charge is -2.62. The standard InChI is InChI=1S/C70H13NO4/c1-2-74-66(73)70-65(72)71-6-4-3-5-67(71,75-70)68-61-53-45-35-25-17-9-7-8-11-15-13(9)21-29-23(15)33-27-19(11)20-12(8)16-14-10(7)18(17)26-32-22(14)30-24(16)34-28(20)38-37(27)47-41(33)51-43(29)49(39(45)31(21)25)55(61)57(51)63-59(47)60-48(38)42(34)52-44(30)50-40(32)46(36(26)35)54(53)62(68)56(50)58(52)64(60)69(63,68)70/h2-6H2,1H3. The summed E-state index contributed by atoms with van der Waals surface area (Å²) in [7, 11) is 0. The largest absolute Gasteiger partial charge is 0.463 e. The summed E-state index contributed by atoms with van der Waals surface area (Å²) in [5, 5.41) is 81.6. The molecule has 5 nitrogen and oxygen atoms in total. The van der Waals surface area contributed by atoms with Crippen molar-refractivity contribution in [1.29, 1.82) is 0 Å². The first-order valence-electron chi connectivity index (χ1n) is 28.1. The first kappa shape index (κ1) is 28.7. The highest BCUT2D eigenvalue weighted by Crippen LogP contribution is 2.90. The van der Waals surface area contributed by atoms with E-state index >= 15 is 9.59 Å². The lowest BCUT2D eigenvalue weighted by atomic mass is 9.40. The van der Waals surface area contributed by atoms with Crippen molar-refractivity contribution >= 4 is 303 Å². The molecular formula is C70H13NO4. The zero-order chi connectivity index (χ0) is 45.2. The van der Waals surface area contributed by atoms with Gasteiger partial charge < -0.3 is 14.4 Å². The molecule has 28 aromatic rings. The average Bonchev–Trinajstić information content (AvgIpc) is 1.65. The van der Waals surface area contributed by atoms with Crippen molar-refractivity contribution in [2.75, 3.05) is 13.2 Å². The van der Waals surface area contributed by atoms with E-state index in [4.69, 9.17) is 9.47 Å². The lowest BCUT2D eigenvalue weighted by molar-refractivity contribution is -0.176. The molecule has 3 spiro atoms. The van der Waals surface area contributed by atoms with Crippen molar-refractivity contribution in [3.05, 3.63) is 22.3 Å². The maximum Gasteiger partial charge on any atom is 0.349 e. The zero-order valence-corrected chi connectivity index (χ0v) is 38.6. The van der Waals surface area contributed by atoms with E-state index in [9.17, 15) is 0 Å². The van der Waals surface area contributed by atoms with Crippen LogP contribution in [0, 0.1) is 0 Å². The van der Waals surface area contributed by atoms with Gasteiger partial charge in [0.05, 0.1) is 17.4 Å². The zero-order valence-electron chi connectivity index (χ0n) is 38.6. The quantitative estimate of drug-likeness (QED) is 0.0984. The highest BCUT2D eigenvalue weighted by molar-refractivity contribution is 6.82. The minimum atomic E-state index is -1.93. The number of fused-ring (bicyclic) bond motifs is 1. The van der Waals surface area contributed by atoms with E-state index in [1.54, 1.807) is 118 Å². The first-order chi connectivity index (χ1) is 37.2. The van der Waals surface area contributed by atoms with Crippen LogP contribution >= 0.6 is 0 Å². The van der Waals surface area contributed by atoms with Gasteiger partial charge in [0, 0.05) is 6.54 Å². The van der Waals surface area contributed by atoms with Crippen molar-refractivity contribution in [3.8, 4) is 0 Å². The predicted octanol–water partition coefficient (Wildman–Crippen LogP) is 16.3. The molecule has 1 amide bonds. The summed E-state index contributed by atoms with van der Waals surface area (Å²) in [4.78, 5) is 36.0. The minimum Gasteiger partial charge on any atom is -0.463 e. The van der Waals surface area contributed by atoms with E-state index in [0.717, 1.165) is 12.8 Å². The summed E-state index contributed by atoms with van der Waals surface area (Å²) in [5.41, 5.74) is 0.261. The van der Waals surface area contributed by atoms with E-state index < -0.39 is 28.1 Å². The van der Waals surface area contributed by atoms with Crippen LogP contribution in [-0.2, 0) is 29.9 Å². The topological polar surface area (TPSA) is 55.8 Å². The van der Waals surface area contributed by atoms with Gasteiger partial charge in [0.25, 0.3) is 11.5 Å². The van der Waals surface area contributed by atoms with E-state index in [1.165, 1.54) is 195 Å². The van der Waals surface area contributed by atoms with Gasteiger partial charge in [0.1, 0.15) is 0 Å². The van der Waals surface area contributed by atoms with E-state index in [-0.39, 0.29) is 12.5 Å². The molecule has 75 heavy (non-hydrogen) atoms. The number of piperidine rings is 2. The molecule has 2 unspecified atom stereocenters. The average molecular weight is 932 g/mol. The summed E-state index contributed by atoms with van der Waals surface area (Å²) in [6, 6.07) is 0. The van der Waals surface area contributed by atoms with Crippen LogP contribution in [0.3, 0.4) is 0 Å². The first-order valence-corrected chi connectivity index (χ1v) is 28.1. The maximum absolute atomic E-state index is 17.1. The van der Waals surface area contributed by atoms with E-state index in [0.29, 0.717) is 13.0 Å². The number of rotatable bonds is 2. The molecule has 2 atom stereocenters. The molecule has 4 aliphatic carbocycles. The number of amides is 1. The summed E-state index contributed by atoms with van der Waals surface area (Å²) < 4.78 is 15.1.